The first-order valence-electron chi connectivity index (χ1n) is 5.77. The Morgan fingerprint density at radius 3 is 3.06 bits per heavy atom. The fourth-order valence-corrected chi connectivity index (χ4v) is 3.15. The first-order valence-corrected chi connectivity index (χ1v) is 6.75. The minimum absolute atomic E-state index is 0.792. The van der Waals surface area contributed by atoms with Gasteiger partial charge in [0.25, 0.3) is 0 Å². The minimum Gasteiger partial charge on any atom is -0.228 e. The van der Waals surface area contributed by atoms with E-state index in [1.807, 2.05) is 29.8 Å². The zero-order valence-electron chi connectivity index (χ0n) is 9.79. The average Bonchev–Trinajstić information content (AvgIpc) is 2.77. The van der Waals surface area contributed by atoms with Gasteiger partial charge in [-0.1, -0.05) is 30.0 Å². The Morgan fingerprint density at radius 2 is 2.11 bits per heavy atom. The van der Waals surface area contributed by atoms with Crippen molar-refractivity contribution in [2.24, 2.45) is 0 Å². The number of pyridine rings is 1. The lowest BCUT2D eigenvalue weighted by molar-refractivity contribution is 0.745. The number of aromatic nitrogens is 4. The van der Waals surface area contributed by atoms with Gasteiger partial charge in [-0.3, -0.25) is 0 Å². The van der Waals surface area contributed by atoms with Gasteiger partial charge in [-0.15, -0.1) is 5.10 Å². The molecule has 5 heteroatoms. The van der Waals surface area contributed by atoms with Crippen LogP contribution >= 0.6 is 11.8 Å². The molecule has 1 aliphatic heterocycles. The summed E-state index contributed by atoms with van der Waals surface area (Å²) < 4.78 is 1.85. The van der Waals surface area contributed by atoms with E-state index in [4.69, 9.17) is 4.98 Å². The highest BCUT2D eigenvalue weighted by Crippen LogP contribution is 2.33. The van der Waals surface area contributed by atoms with Crippen LogP contribution in [0.3, 0.4) is 0 Å². The highest BCUT2D eigenvalue weighted by molar-refractivity contribution is 7.98. The van der Waals surface area contributed by atoms with E-state index in [2.05, 4.69) is 22.2 Å². The molecule has 0 aliphatic carbocycles. The third-order valence-corrected chi connectivity index (χ3v) is 4.00. The molecular weight excluding hydrogens is 244 g/mol. The van der Waals surface area contributed by atoms with E-state index < -0.39 is 0 Å². The summed E-state index contributed by atoms with van der Waals surface area (Å²) in [4.78, 5) is 9.12. The Morgan fingerprint density at radius 1 is 1.22 bits per heavy atom. The van der Waals surface area contributed by atoms with Crippen molar-refractivity contribution in [2.75, 3.05) is 0 Å². The first kappa shape index (κ1) is 10.1. The molecular formula is C13H10N4S. The molecule has 0 N–H and O–H groups in total. The van der Waals surface area contributed by atoms with E-state index in [9.17, 15) is 0 Å². The van der Waals surface area contributed by atoms with Gasteiger partial charge in [-0.25, -0.2) is 9.97 Å². The molecule has 0 saturated carbocycles. The van der Waals surface area contributed by atoms with Gasteiger partial charge >= 0.3 is 0 Å². The molecule has 1 aliphatic rings. The van der Waals surface area contributed by atoms with Crippen LogP contribution in [0.15, 0.2) is 35.5 Å². The van der Waals surface area contributed by atoms with Crippen LogP contribution in [-0.4, -0.2) is 19.7 Å². The van der Waals surface area contributed by atoms with Gasteiger partial charge in [0.1, 0.15) is 5.82 Å². The van der Waals surface area contributed by atoms with Crippen LogP contribution in [0.1, 0.15) is 11.4 Å². The lowest BCUT2D eigenvalue weighted by Crippen LogP contribution is -2.10. The van der Waals surface area contributed by atoms with Gasteiger partial charge < -0.3 is 0 Å². The van der Waals surface area contributed by atoms with Gasteiger partial charge in [-0.05, 0) is 19.1 Å². The average molecular weight is 254 g/mol. The Balaban J connectivity index is 2.05. The molecule has 2 aromatic heterocycles. The van der Waals surface area contributed by atoms with E-state index in [0.717, 1.165) is 28.1 Å². The van der Waals surface area contributed by atoms with E-state index in [1.54, 1.807) is 11.8 Å². The zero-order chi connectivity index (χ0) is 12.1. The van der Waals surface area contributed by atoms with Crippen molar-refractivity contribution in [3.8, 4) is 5.82 Å². The topological polar surface area (TPSA) is 43.6 Å². The summed E-state index contributed by atoms with van der Waals surface area (Å²) in [6.07, 6.45) is 0. The number of hydrogen-bond donors (Lipinski definition) is 0. The number of thioether (sulfide) groups is 1. The van der Waals surface area contributed by atoms with Gasteiger partial charge in [0.2, 0.25) is 0 Å². The largest absolute Gasteiger partial charge is 0.228 e. The SMILES string of the molecule is Cc1nc2n(n1)-c1nc3ccccc3cc1CS2. The van der Waals surface area contributed by atoms with Crippen molar-refractivity contribution < 1.29 is 0 Å². The van der Waals surface area contributed by atoms with Crippen LogP contribution in [0, 0.1) is 6.92 Å². The van der Waals surface area contributed by atoms with Crippen molar-refractivity contribution >= 4 is 22.7 Å². The number of para-hydroxylation sites is 1. The number of aryl methyl sites for hydroxylation is 1. The molecule has 3 aromatic rings. The first-order chi connectivity index (χ1) is 8.81. The molecule has 1 aromatic carbocycles. The summed E-state index contributed by atoms with van der Waals surface area (Å²) in [5, 5.41) is 6.53. The molecule has 0 saturated heterocycles. The fourth-order valence-electron chi connectivity index (χ4n) is 2.21. The second-order valence-corrected chi connectivity index (χ2v) is 5.25. The van der Waals surface area contributed by atoms with E-state index in [0.29, 0.717) is 0 Å². The molecule has 3 heterocycles. The van der Waals surface area contributed by atoms with Gasteiger partial charge in [0.15, 0.2) is 11.0 Å². The summed E-state index contributed by atoms with van der Waals surface area (Å²) >= 11 is 1.71. The highest BCUT2D eigenvalue weighted by atomic mass is 32.2. The van der Waals surface area contributed by atoms with E-state index in [-0.39, 0.29) is 0 Å². The Bertz CT molecular complexity index is 763. The highest BCUT2D eigenvalue weighted by Gasteiger charge is 2.21. The standard InChI is InChI=1S/C13H10N4S/c1-8-14-13-17(16-8)12-10(7-18-13)6-9-4-2-3-5-11(9)15-12/h2-6H,7H2,1H3. The molecule has 0 bridgehead atoms. The molecule has 4 nitrogen and oxygen atoms in total. The van der Waals surface area contributed by atoms with Crippen LogP contribution in [0.2, 0.25) is 0 Å². The lowest BCUT2D eigenvalue weighted by atomic mass is 10.1. The van der Waals surface area contributed by atoms with Crippen LogP contribution in [0.5, 0.6) is 0 Å². The molecule has 0 atom stereocenters. The Kier molecular flexibility index (Phi) is 1.99. The van der Waals surface area contributed by atoms with Gasteiger partial charge in [-0.2, -0.15) is 4.68 Å². The molecule has 0 radical (unpaired) electrons. The lowest BCUT2D eigenvalue weighted by Gasteiger charge is -2.15. The predicted molar refractivity (Wildman–Crippen MR) is 71.0 cm³/mol. The zero-order valence-corrected chi connectivity index (χ0v) is 10.6. The molecule has 0 fully saturated rings. The second kappa shape index (κ2) is 3.55. The number of fused-ring (bicyclic) bond motifs is 4. The number of benzene rings is 1. The summed E-state index contributed by atoms with van der Waals surface area (Å²) in [5.74, 6) is 2.62. The summed E-state index contributed by atoms with van der Waals surface area (Å²) in [7, 11) is 0. The van der Waals surface area contributed by atoms with Crippen molar-refractivity contribution in [1.82, 2.24) is 19.7 Å². The second-order valence-electron chi connectivity index (χ2n) is 4.31. The van der Waals surface area contributed by atoms with Crippen LogP contribution in [-0.2, 0) is 5.75 Å². The van der Waals surface area contributed by atoms with E-state index >= 15 is 0 Å². The van der Waals surface area contributed by atoms with Crippen molar-refractivity contribution in [3.63, 3.8) is 0 Å². The van der Waals surface area contributed by atoms with Crippen LogP contribution in [0.25, 0.3) is 16.7 Å². The minimum atomic E-state index is 0.792. The molecule has 0 unspecified atom stereocenters. The van der Waals surface area contributed by atoms with E-state index in [1.165, 1.54) is 10.9 Å². The van der Waals surface area contributed by atoms with Crippen molar-refractivity contribution in [2.45, 2.75) is 17.8 Å². The monoisotopic (exact) mass is 254 g/mol. The summed E-state index contributed by atoms with van der Waals surface area (Å²) in [6, 6.07) is 10.4. The van der Waals surface area contributed by atoms with Crippen molar-refractivity contribution in [1.29, 1.82) is 0 Å². The van der Waals surface area contributed by atoms with Gasteiger partial charge in [0, 0.05) is 16.7 Å². The quantitative estimate of drug-likeness (QED) is 0.618. The Hall–Kier alpha value is -1.88. The molecule has 4 rings (SSSR count). The maximum Gasteiger partial charge on any atom is 0.193 e. The number of hydrogen-bond acceptors (Lipinski definition) is 4. The summed E-state index contributed by atoms with van der Waals surface area (Å²) in [5.41, 5.74) is 2.22. The number of rotatable bonds is 0. The van der Waals surface area contributed by atoms with Gasteiger partial charge in [0.05, 0.1) is 5.52 Å². The molecule has 88 valence electrons. The van der Waals surface area contributed by atoms with Crippen LogP contribution < -0.4 is 0 Å². The Labute approximate surface area is 108 Å². The molecule has 0 amide bonds. The van der Waals surface area contributed by atoms with Crippen molar-refractivity contribution in [3.05, 3.63) is 41.7 Å². The predicted octanol–water partition coefficient (Wildman–Crippen LogP) is 2.73. The smallest absolute Gasteiger partial charge is 0.193 e. The summed E-state index contributed by atoms with van der Waals surface area (Å²) in [6.45, 7) is 1.91. The maximum absolute atomic E-state index is 4.72. The molecule has 18 heavy (non-hydrogen) atoms. The molecule has 0 spiro atoms. The third kappa shape index (κ3) is 1.37. The fraction of sp³-hybridized carbons (Fsp3) is 0.154. The van der Waals surface area contributed by atoms with Crippen LogP contribution in [0.4, 0.5) is 0 Å². The number of nitrogens with zero attached hydrogens (tertiary/aromatic N) is 4. The third-order valence-electron chi connectivity index (χ3n) is 3.02. The maximum atomic E-state index is 4.72. The normalized spacial score (nSPS) is 13.4.